The third-order valence-corrected chi connectivity index (χ3v) is 5.01. The number of rotatable bonds is 5. The molecule has 0 spiro atoms. The lowest BCUT2D eigenvalue weighted by atomic mass is 9.87. The summed E-state index contributed by atoms with van der Waals surface area (Å²) in [6.07, 6.45) is 9.05. The summed E-state index contributed by atoms with van der Waals surface area (Å²) < 4.78 is 0. The fourth-order valence-electron chi connectivity index (χ4n) is 2.88. The fourth-order valence-corrected chi connectivity index (χ4v) is 2.99. The average Bonchev–Trinajstić information content (AvgIpc) is 3.20. The van der Waals surface area contributed by atoms with E-state index in [1.165, 1.54) is 44.9 Å². The van der Waals surface area contributed by atoms with Crippen molar-refractivity contribution in [1.29, 1.82) is 0 Å². The van der Waals surface area contributed by atoms with Crippen LogP contribution in [0.4, 0.5) is 0 Å². The summed E-state index contributed by atoms with van der Waals surface area (Å²) in [7, 11) is 0. The quantitative estimate of drug-likeness (QED) is 0.696. The summed E-state index contributed by atoms with van der Waals surface area (Å²) in [4.78, 5) is 14.7. The predicted octanol–water partition coefficient (Wildman–Crippen LogP) is 3.82. The second-order valence-electron chi connectivity index (χ2n) is 6.71. The molecule has 0 aromatic carbocycles. The van der Waals surface area contributed by atoms with Crippen molar-refractivity contribution in [3.05, 3.63) is 0 Å². The zero-order valence-corrected chi connectivity index (χ0v) is 12.5. The van der Waals surface area contributed by atoms with Crippen LogP contribution in [0.2, 0.25) is 0 Å². The van der Waals surface area contributed by atoms with E-state index < -0.39 is 5.41 Å². The maximum Gasteiger partial charge on any atom is 0.229 e. The molecule has 104 valence electrons. The Morgan fingerprint density at radius 1 is 1.17 bits per heavy atom. The molecule has 0 radical (unpaired) electrons. The number of halogens is 1. The summed E-state index contributed by atoms with van der Waals surface area (Å²) in [5, 5.41) is 0. The molecule has 2 rings (SSSR count). The maximum atomic E-state index is 12.6. The second-order valence-corrected chi connectivity index (χ2v) is 6.98. The highest BCUT2D eigenvalue weighted by Gasteiger charge is 2.40. The van der Waals surface area contributed by atoms with Crippen LogP contribution >= 0.6 is 11.6 Å². The minimum absolute atomic E-state index is 0.269. The number of hydrogen-bond acceptors (Lipinski definition) is 1. The van der Waals surface area contributed by atoms with E-state index in [1.54, 1.807) is 0 Å². The van der Waals surface area contributed by atoms with E-state index in [-0.39, 0.29) is 5.91 Å². The van der Waals surface area contributed by atoms with E-state index in [0.717, 1.165) is 12.5 Å². The normalized spacial score (nSPS) is 21.9. The number of hydrogen-bond donors (Lipinski definition) is 0. The first-order valence-electron chi connectivity index (χ1n) is 7.41. The van der Waals surface area contributed by atoms with Gasteiger partial charge in [-0.3, -0.25) is 4.79 Å². The Morgan fingerprint density at radius 2 is 1.78 bits per heavy atom. The van der Waals surface area contributed by atoms with Gasteiger partial charge in [-0.1, -0.05) is 19.3 Å². The monoisotopic (exact) mass is 271 g/mol. The summed E-state index contributed by atoms with van der Waals surface area (Å²) in [6.45, 7) is 4.92. The Balaban J connectivity index is 1.97. The summed E-state index contributed by atoms with van der Waals surface area (Å²) in [5.74, 6) is 1.42. The van der Waals surface area contributed by atoms with Crippen molar-refractivity contribution >= 4 is 17.5 Å². The number of carbonyl (C=O) groups is 1. The number of carbonyl (C=O) groups excluding carboxylic acids is 1. The Kier molecular flexibility index (Phi) is 4.58. The summed E-state index contributed by atoms with van der Waals surface area (Å²) >= 11 is 5.95. The van der Waals surface area contributed by atoms with Crippen LogP contribution in [0.1, 0.15) is 58.8 Å². The maximum absolute atomic E-state index is 12.6. The van der Waals surface area contributed by atoms with Gasteiger partial charge in [0.2, 0.25) is 5.91 Å². The minimum atomic E-state index is -0.404. The first kappa shape index (κ1) is 14.2. The third-order valence-electron chi connectivity index (χ3n) is 4.34. The van der Waals surface area contributed by atoms with Gasteiger partial charge in [-0.2, -0.15) is 0 Å². The molecule has 0 saturated heterocycles. The lowest BCUT2D eigenvalue weighted by Crippen LogP contribution is -2.45. The van der Waals surface area contributed by atoms with E-state index in [2.05, 4.69) is 4.90 Å². The molecule has 3 heteroatoms. The molecule has 0 aliphatic heterocycles. The van der Waals surface area contributed by atoms with Crippen molar-refractivity contribution < 1.29 is 4.79 Å². The second kappa shape index (κ2) is 5.81. The van der Waals surface area contributed by atoms with Crippen LogP contribution in [0.5, 0.6) is 0 Å². The van der Waals surface area contributed by atoms with Crippen LogP contribution in [0.15, 0.2) is 0 Å². The lowest BCUT2D eigenvalue weighted by molar-refractivity contribution is -0.140. The highest BCUT2D eigenvalue weighted by molar-refractivity contribution is 6.19. The molecule has 2 nitrogen and oxygen atoms in total. The molecule has 0 aromatic rings. The van der Waals surface area contributed by atoms with Gasteiger partial charge in [-0.25, -0.2) is 0 Å². The molecular weight excluding hydrogens is 246 g/mol. The molecule has 18 heavy (non-hydrogen) atoms. The van der Waals surface area contributed by atoms with Gasteiger partial charge in [-0.05, 0) is 45.4 Å². The fraction of sp³-hybridized carbons (Fsp3) is 0.933. The summed E-state index contributed by atoms with van der Waals surface area (Å²) in [6, 6.07) is 0.516. The molecule has 2 aliphatic carbocycles. The molecule has 0 bridgehead atoms. The van der Waals surface area contributed by atoms with Crippen LogP contribution in [0, 0.1) is 11.3 Å². The highest BCUT2D eigenvalue weighted by Crippen LogP contribution is 2.34. The van der Waals surface area contributed by atoms with Gasteiger partial charge in [-0.15, -0.1) is 11.6 Å². The van der Waals surface area contributed by atoms with Gasteiger partial charge in [0, 0.05) is 18.5 Å². The Labute approximate surface area is 116 Å². The van der Waals surface area contributed by atoms with E-state index in [1.807, 2.05) is 13.8 Å². The van der Waals surface area contributed by atoms with Gasteiger partial charge in [0.15, 0.2) is 0 Å². The van der Waals surface area contributed by atoms with Crippen LogP contribution in [-0.2, 0) is 4.79 Å². The van der Waals surface area contributed by atoms with Gasteiger partial charge in [0.1, 0.15) is 0 Å². The number of nitrogens with zero attached hydrogens (tertiary/aromatic N) is 1. The van der Waals surface area contributed by atoms with Crippen molar-refractivity contribution in [1.82, 2.24) is 4.90 Å². The molecule has 0 heterocycles. The molecular formula is C15H26ClNO. The van der Waals surface area contributed by atoms with Gasteiger partial charge < -0.3 is 4.90 Å². The van der Waals surface area contributed by atoms with Crippen LogP contribution < -0.4 is 0 Å². The first-order chi connectivity index (χ1) is 8.54. The topological polar surface area (TPSA) is 20.3 Å². The van der Waals surface area contributed by atoms with Crippen molar-refractivity contribution in [2.45, 2.75) is 64.8 Å². The van der Waals surface area contributed by atoms with Gasteiger partial charge in [0.05, 0.1) is 5.41 Å². The predicted molar refractivity (Wildman–Crippen MR) is 75.8 cm³/mol. The molecule has 0 unspecified atom stereocenters. The Bertz CT molecular complexity index is 293. The standard InChI is InChI=1S/C15H26ClNO/c1-15(2,11-16)14(18)17(13-8-9-13)10-12-6-4-3-5-7-12/h12-13H,3-11H2,1-2H3. The van der Waals surface area contributed by atoms with Crippen molar-refractivity contribution in [2.24, 2.45) is 11.3 Å². The number of amides is 1. The largest absolute Gasteiger partial charge is 0.339 e. The SMILES string of the molecule is CC(C)(CCl)C(=O)N(CC1CCCCC1)C1CC1. The van der Waals surface area contributed by atoms with Crippen molar-refractivity contribution in [3.8, 4) is 0 Å². The van der Waals surface area contributed by atoms with Gasteiger partial charge >= 0.3 is 0 Å². The van der Waals surface area contributed by atoms with E-state index in [9.17, 15) is 4.79 Å². The Morgan fingerprint density at radius 3 is 2.28 bits per heavy atom. The highest BCUT2D eigenvalue weighted by atomic mass is 35.5. The van der Waals surface area contributed by atoms with Crippen LogP contribution in [-0.4, -0.2) is 29.3 Å². The lowest BCUT2D eigenvalue weighted by Gasteiger charge is -2.34. The molecule has 1 amide bonds. The van der Waals surface area contributed by atoms with Crippen LogP contribution in [0.3, 0.4) is 0 Å². The van der Waals surface area contributed by atoms with Gasteiger partial charge in [0.25, 0.3) is 0 Å². The Hall–Kier alpha value is -0.240. The molecule has 2 fully saturated rings. The molecule has 0 atom stereocenters. The molecule has 0 N–H and O–H groups in total. The van der Waals surface area contributed by atoms with Crippen molar-refractivity contribution in [2.75, 3.05) is 12.4 Å². The zero-order chi connectivity index (χ0) is 13.2. The smallest absolute Gasteiger partial charge is 0.229 e. The third kappa shape index (κ3) is 3.40. The molecule has 2 aliphatic rings. The summed E-state index contributed by atoms with van der Waals surface area (Å²) in [5.41, 5.74) is -0.404. The molecule has 0 aromatic heterocycles. The first-order valence-corrected chi connectivity index (χ1v) is 7.95. The zero-order valence-electron chi connectivity index (χ0n) is 11.8. The number of alkyl halides is 1. The average molecular weight is 272 g/mol. The van der Waals surface area contributed by atoms with E-state index in [4.69, 9.17) is 11.6 Å². The molecule has 2 saturated carbocycles. The van der Waals surface area contributed by atoms with E-state index in [0.29, 0.717) is 11.9 Å². The van der Waals surface area contributed by atoms with E-state index >= 15 is 0 Å². The van der Waals surface area contributed by atoms with Crippen molar-refractivity contribution in [3.63, 3.8) is 0 Å². The minimum Gasteiger partial charge on any atom is -0.339 e. The van der Waals surface area contributed by atoms with Crippen LogP contribution in [0.25, 0.3) is 0 Å².